The number of tetrazole rings is 1. The van der Waals surface area contributed by atoms with Crippen molar-refractivity contribution in [2.75, 3.05) is 19.6 Å². The second-order valence-corrected chi connectivity index (χ2v) is 6.67. The van der Waals surface area contributed by atoms with E-state index in [0.29, 0.717) is 25.3 Å². The highest BCUT2D eigenvalue weighted by Crippen LogP contribution is 2.24. The number of halogens is 1. The van der Waals surface area contributed by atoms with E-state index in [1.807, 2.05) is 12.1 Å². The molecular formula is C18H25FN6O. The van der Waals surface area contributed by atoms with E-state index in [1.165, 1.54) is 18.6 Å². The number of carbonyl (C=O) groups is 1. The van der Waals surface area contributed by atoms with Gasteiger partial charge in [0.25, 0.3) is 0 Å². The molecule has 1 amide bonds. The number of amides is 1. The van der Waals surface area contributed by atoms with E-state index < -0.39 is 0 Å². The Morgan fingerprint density at radius 2 is 1.96 bits per heavy atom. The molecule has 1 atom stereocenters. The maximum Gasteiger partial charge on any atom is 0.221 e. The van der Waals surface area contributed by atoms with E-state index in [1.54, 1.807) is 11.6 Å². The van der Waals surface area contributed by atoms with Crippen LogP contribution in [0, 0.1) is 12.7 Å². The number of likely N-dealkylation sites (tertiary alicyclic amines) is 1. The average Bonchev–Trinajstić information content (AvgIpc) is 3.07. The highest BCUT2D eigenvalue weighted by Gasteiger charge is 2.23. The molecule has 1 aromatic heterocycles. The number of aryl methyl sites for hydroxylation is 2. The fraction of sp³-hybridized carbons (Fsp3) is 0.556. The van der Waals surface area contributed by atoms with Crippen LogP contribution in [-0.2, 0) is 11.3 Å². The molecule has 1 aliphatic rings. The van der Waals surface area contributed by atoms with Crippen LogP contribution in [0.4, 0.5) is 4.39 Å². The van der Waals surface area contributed by atoms with Crippen LogP contribution >= 0.6 is 0 Å². The Morgan fingerprint density at radius 3 is 2.62 bits per heavy atom. The Bertz CT molecular complexity index is 711. The molecule has 1 aliphatic heterocycles. The number of benzene rings is 1. The summed E-state index contributed by atoms with van der Waals surface area (Å²) in [7, 11) is 0. The van der Waals surface area contributed by atoms with Gasteiger partial charge in [-0.1, -0.05) is 18.6 Å². The van der Waals surface area contributed by atoms with Gasteiger partial charge in [-0.25, -0.2) is 9.07 Å². The third-order valence-corrected chi connectivity index (χ3v) is 4.84. The van der Waals surface area contributed by atoms with Crippen LogP contribution in [0.15, 0.2) is 24.3 Å². The van der Waals surface area contributed by atoms with E-state index in [9.17, 15) is 9.18 Å². The van der Waals surface area contributed by atoms with Gasteiger partial charge in [0, 0.05) is 13.0 Å². The van der Waals surface area contributed by atoms with Crippen LogP contribution in [0.3, 0.4) is 0 Å². The summed E-state index contributed by atoms with van der Waals surface area (Å²) in [6.07, 6.45) is 3.88. The third kappa shape index (κ3) is 4.85. The van der Waals surface area contributed by atoms with Crippen molar-refractivity contribution in [3.63, 3.8) is 0 Å². The van der Waals surface area contributed by atoms with Crippen molar-refractivity contribution in [2.45, 2.75) is 45.2 Å². The number of carbonyl (C=O) groups excluding carboxylic acids is 1. The first-order valence-corrected chi connectivity index (χ1v) is 9.12. The minimum Gasteiger partial charge on any atom is -0.354 e. The van der Waals surface area contributed by atoms with E-state index in [2.05, 4.69) is 25.7 Å². The summed E-state index contributed by atoms with van der Waals surface area (Å²) in [6, 6.07) is 6.65. The number of rotatable bonds is 7. The fourth-order valence-electron chi connectivity index (χ4n) is 3.33. The molecule has 1 aromatic carbocycles. The van der Waals surface area contributed by atoms with Crippen LogP contribution in [0.5, 0.6) is 0 Å². The zero-order valence-corrected chi connectivity index (χ0v) is 15.1. The van der Waals surface area contributed by atoms with E-state index in [4.69, 9.17) is 0 Å². The number of nitrogens with one attached hydrogen (secondary N) is 1. The number of piperidine rings is 1. The van der Waals surface area contributed by atoms with Gasteiger partial charge in [0.15, 0.2) is 0 Å². The number of aromatic nitrogens is 4. The summed E-state index contributed by atoms with van der Waals surface area (Å²) in [5.41, 5.74) is 1.03. The topological polar surface area (TPSA) is 75.9 Å². The average molecular weight is 360 g/mol. The van der Waals surface area contributed by atoms with Gasteiger partial charge in [-0.2, -0.15) is 0 Å². The van der Waals surface area contributed by atoms with Gasteiger partial charge in [0.05, 0.1) is 12.6 Å². The van der Waals surface area contributed by atoms with Gasteiger partial charge in [-0.15, -0.1) is 5.10 Å². The van der Waals surface area contributed by atoms with Crippen molar-refractivity contribution in [1.29, 1.82) is 0 Å². The second-order valence-electron chi connectivity index (χ2n) is 6.67. The van der Waals surface area contributed by atoms with Crippen molar-refractivity contribution >= 4 is 5.91 Å². The number of hydrogen-bond donors (Lipinski definition) is 1. The van der Waals surface area contributed by atoms with E-state index in [-0.39, 0.29) is 17.8 Å². The molecule has 1 N–H and O–H groups in total. The van der Waals surface area contributed by atoms with Crippen LogP contribution in [0.2, 0.25) is 0 Å². The second kappa shape index (κ2) is 8.84. The molecule has 140 valence electrons. The Labute approximate surface area is 152 Å². The Hall–Kier alpha value is -2.35. The first-order valence-electron chi connectivity index (χ1n) is 9.12. The van der Waals surface area contributed by atoms with Crippen molar-refractivity contribution in [2.24, 2.45) is 0 Å². The zero-order valence-electron chi connectivity index (χ0n) is 15.1. The van der Waals surface area contributed by atoms with Gasteiger partial charge >= 0.3 is 0 Å². The van der Waals surface area contributed by atoms with Gasteiger partial charge in [0.2, 0.25) is 5.91 Å². The number of nitrogens with zero attached hydrogens (tertiary/aromatic N) is 5. The van der Waals surface area contributed by atoms with Crippen LogP contribution in [0.25, 0.3) is 0 Å². The maximum absolute atomic E-state index is 13.3. The minimum absolute atomic E-state index is 0.0379. The molecular weight excluding hydrogens is 335 g/mol. The molecule has 0 aliphatic carbocycles. The van der Waals surface area contributed by atoms with Crippen LogP contribution in [-0.4, -0.2) is 50.6 Å². The fourth-order valence-corrected chi connectivity index (χ4v) is 3.33. The molecule has 0 unspecified atom stereocenters. The Morgan fingerprint density at radius 1 is 1.23 bits per heavy atom. The lowest BCUT2D eigenvalue weighted by Crippen LogP contribution is -2.40. The van der Waals surface area contributed by atoms with Crippen molar-refractivity contribution < 1.29 is 9.18 Å². The zero-order chi connectivity index (χ0) is 18.4. The summed E-state index contributed by atoms with van der Waals surface area (Å²) in [5, 5.41) is 14.2. The Balaban J connectivity index is 1.59. The molecule has 0 radical (unpaired) electrons. The van der Waals surface area contributed by atoms with Crippen molar-refractivity contribution in [3.8, 4) is 0 Å². The molecule has 8 heteroatoms. The summed E-state index contributed by atoms with van der Waals surface area (Å²) in [5.74, 6) is 0.409. The Kier molecular flexibility index (Phi) is 6.27. The molecule has 3 rings (SSSR count). The van der Waals surface area contributed by atoms with Gasteiger partial charge in [-0.3, -0.25) is 9.69 Å². The van der Waals surface area contributed by atoms with Gasteiger partial charge in [0.1, 0.15) is 11.6 Å². The molecule has 0 saturated carbocycles. The standard InChI is InChI=1S/C18H25FN6O/c1-14-21-22-23-25(14)12-9-18(26)20-13-17(24-10-3-2-4-11-24)15-5-7-16(19)8-6-15/h5-8,17H,2-4,9-13H2,1H3,(H,20,26)/t17-/m0/s1. The van der Waals surface area contributed by atoms with Crippen molar-refractivity contribution in [1.82, 2.24) is 30.4 Å². The van der Waals surface area contributed by atoms with E-state index in [0.717, 1.165) is 31.5 Å². The molecule has 2 heterocycles. The SMILES string of the molecule is Cc1nnnn1CCC(=O)NC[C@@H](c1ccc(F)cc1)N1CCCCC1. The number of hydrogen-bond acceptors (Lipinski definition) is 5. The monoisotopic (exact) mass is 360 g/mol. The highest BCUT2D eigenvalue weighted by molar-refractivity contribution is 5.75. The predicted octanol–water partition coefficient (Wildman–Crippen LogP) is 1.85. The van der Waals surface area contributed by atoms with Gasteiger partial charge < -0.3 is 5.32 Å². The smallest absolute Gasteiger partial charge is 0.221 e. The summed E-state index contributed by atoms with van der Waals surface area (Å²) < 4.78 is 14.9. The maximum atomic E-state index is 13.3. The van der Waals surface area contributed by atoms with Crippen molar-refractivity contribution in [3.05, 3.63) is 41.5 Å². The lowest BCUT2D eigenvalue weighted by Gasteiger charge is -2.35. The first kappa shape index (κ1) is 18.4. The molecule has 1 fully saturated rings. The largest absolute Gasteiger partial charge is 0.354 e. The molecule has 2 aromatic rings. The third-order valence-electron chi connectivity index (χ3n) is 4.84. The molecule has 7 nitrogen and oxygen atoms in total. The lowest BCUT2D eigenvalue weighted by molar-refractivity contribution is -0.121. The summed E-state index contributed by atoms with van der Waals surface area (Å²) in [6.45, 7) is 4.77. The van der Waals surface area contributed by atoms with Gasteiger partial charge in [-0.05, 0) is 61.0 Å². The summed E-state index contributed by atoms with van der Waals surface area (Å²) in [4.78, 5) is 14.6. The van der Waals surface area contributed by atoms with Crippen LogP contribution in [0.1, 0.15) is 43.1 Å². The normalized spacial score (nSPS) is 16.4. The molecule has 1 saturated heterocycles. The highest BCUT2D eigenvalue weighted by atomic mass is 19.1. The van der Waals surface area contributed by atoms with Crippen LogP contribution < -0.4 is 5.32 Å². The first-order chi connectivity index (χ1) is 12.6. The molecule has 26 heavy (non-hydrogen) atoms. The predicted molar refractivity (Wildman–Crippen MR) is 94.7 cm³/mol. The molecule has 0 bridgehead atoms. The lowest BCUT2D eigenvalue weighted by atomic mass is 10.0. The quantitative estimate of drug-likeness (QED) is 0.816. The minimum atomic E-state index is -0.244. The molecule has 0 spiro atoms. The van der Waals surface area contributed by atoms with E-state index >= 15 is 0 Å². The summed E-state index contributed by atoms with van der Waals surface area (Å²) >= 11 is 0.